The molecule has 1 aromatic rings. The Morgan fingerprint density at radius 1 is 1.20 bits per heavy atom. The van der Waals surface area contributed by atoms with Gasteiger partial charge in [0.2, 0.25) is 0 Å². The highest BCUT2D eigenvalue weighted by atomic mass is 15.2. The number of hydrogen-bond acceptors (Lipinski definition) is 2. The Kier molecular flexibility index (Phi) is 5.87. The molecule has 0 saturated heterocycles. The molecule has 0 spiro atoms. The lowest BCUT2D eigenvalue weighted by Gasteiger charge is -2.28. The Morgan fingerprint density at radius 2 is 1.95 bits per heavy atom. The second-order valence-corrected chi connectivity index (χ2v) is 5.22. The molecule has 1 aromatic carbocycles. The highest BCUT2D eigenvalue weighted by Crippen LogP contribution is 2.17. The molecule has 4 nitrogen and oxygen atoms in total. The lowest BCUT2D eigenvalue weighted by atomic mass is 10.00. The molecule has 1 aliphatic rings. The molecule has 0 atom stereocenters. The van der Waals surface area contributed by atoms with Gasteiger partial charge in [-0.05, 0) is 24.0 Å². The third-order valence-corrected chi connectivity index (χ3v) is 3.70. The highest BCUT2D eigenvalue weighted by molar-refractivity contribution is 5.79. The van der Waals surface area contributed by atoms with Crippen molar-refractivity contribution in [2.24, 2.45) is 4.99 Å². The van der Waals surface area contributed by atoms with Crippen LogP contribution in [0.3, 0.4) is 0 Å². The van der Waals surface area contributed by atoms with Crippen LogP contribution in [0.25, 0.3) is 0 Å². The van der Waals surface area contributed by atoms with E-state index in [0.717, 1.165) is 45.1 Å². The van der Waals surface area contributed by atoms with Gasteiger partial charge in [0.15, 0.2) is 5.96 Å². The lowest BCUT2D eigenvalue weighted by molar-refractivity contribution is 0.258. The maximum Gasteiger partial charge on any atom is 0.191 e. The Morgan fingerprint density at radius 3 is 2.70 bits per heavy atom. The van der Waals surface area contributed by atoms with Crippen LogP contribution < -0.4 is 10.6 Å². The van der Waals surface area contributed by atoms with Crippen LogP contribution in [0.1, 0.15) is 24.5 Å². The third-order valence-electron chi connectivity index (χ3n) is 3.70. The molecule has 2 rings (SSSR count). The van der Waals surface area contributed by atoms with E-state index in [4.69, 9.17) is 0 Å². The first-order valence-electron chi connectivity index (χ1n) is 7.57. The van der Waals surface area contributed by atoms with Gasteiger partial charge in [0.25, 0.3) is 0 Å². The van der Waals surface area contributed by atoms with Crippen molar-refractivity contribution >= 4 is 5.96 Å². The maximum atomic E-state index is 4.22. The Labute approximate surface area is 122 Å². The summed E-state index contributed by atoms with van der Waals surface area (Å²) in [4.78, 5) is 6.72. The van der Waals surface area contributed by atoms with Crippen LogP contribution in [0, 0.1) is 0 Å². The fourth-order valence-electron chi connectivity index (χ4n) is 2.54. The van der Waals surface area contributed by atoms with Gasteiger partial charge in [-0.25, -0.2) is 0 Å². The van der Waals surface area contributed by atoms with Crippen molar-refractivity contribution in [2.75, 3.05) is 33.2 Å². The predicted octanol–water partition coefficient (Wildman–Crippen LogP) is 1.62. The summed E-state index contributed by atoms with van der Waals surface area (Å²) >= 11 is 0. The van der Waals surface area contributed by atoms with E-state index in [9.17, 15) is 0 Å². The van der Waals surface area contributed by atoms with Gasteiger partial charge in [-0.1, -0.05) is 31.2 Å². The minimum Gasteiger partial charge on any atom is -0.356 e. The minimum atomic E-state index is 0.907. The van der Waals surface area contributed by atoms with E-state index in [2.05, 4.69) is 51.7 Å². The molecule has 2 N–H and O–H groups in total. The molecule has 0 saturated carbocycles. The van der Waals surface area contributed by atoms with Crippen molar-refractivity contribution in [3.8, 4) is 0 Å². The number of benzene rings is 1. The highest BCUT2D eigenvalue weighted by Gasteiger charge is 2.14. The van der Waals surface area contributed by atoms with Gasteiger partial charge in [-0.15, -0.1) is 0 Å². The van der Waals surface area contributed by atoms with Crippen LogP contribution in [0.15, 0.2) is 29.3 Å². The summed E-state index contributed by atoms with van der Waals surface area (Å²) in [6.07, 6.45) is 2.28. The zero-order valence-electron chi connectivity index (χ0n) is 12.7. The van der Waals surface area contributed by atoms with E-state index in [1.807, 2.05) is 7.05 Å². The van der Waals surface area contributed by atoms with Gasteiger partial charge in [-0.3, -0.25) is 9.89 Å². The molecule has 0 radical (unpaired) electrons. The number of guanidine groups is 1. The number of hydrogen-bond donors (Lipinski definition) is 2. The van der Waals surface area contributed by atoms with Gasteiger partial charge in [0.1, 0.15) is 0 Å². The first-order chi connectivity index (χ1) is 9.83. The van der Waals surface area contributed by atoms with Crippen molar-refractivity contribution in [1.29, 1.82) is 0 Å². The van der Waals surface area contributed by atoms with Crippen molar-refractivity contribution in [1.82, 2.24) is 15.5 Å². The van der Waals surface area contributed by atoms with Crippen molar-refractivity contribution in [3.05, 3.63) is 35.4 Å². The normalized spacial score (nSPS) is 15.8. The molecule has 0 amide bonds. The molecular weight excluding hydrogens is 248 g/mol. The van der Waals surface area contributed by atoms with E-state index >= 15 is 0 Å². The molecule has 0 unspecified atom stereocenters. The van der Waals surface area contributed by atoms with Crippen LogP contribution >= 0.6 is 0 Å². The van der Waals surface area contributed by atoms with E-state index in [0.29, 0.717) is 0 Å². The lowest BCUT2D eigenvalue weighted by Crippen LogP contribution is -2.42. The Bertz CT molecular complexity index is 442. The molecule has 20 heavy (non-hydrogen) atoms. The zero-order valence-corrected chi connectivity index (χ0v) is 12.7. The summed E-state index contributed by atoms with van der Waals surface area (Å²) in [6.45, 7) is 7.34. The molecule has 1 heterocycles. The van der Waals surface area contributed by atoms with Gasteiger partial charge < -0.3 is 10.6 Å². The van der Waals surface area contributed by atoms with Crippen molar-refractivity contribution in [2.45, 2.75) is 26.3 Å². The largest absolute Gasteiger partial charge is 0.356 e. The molecule has 110 valence electrons. The summed E-state index contributed by atoms with van der Waals surface area (Å²) in [5.41, 5.74) is 2.99. The average Bonchev–Trinajstić information content (AvgIpc) is 2.50. The van der Waals surface area contributed by atoms with Crippen LogP contribution in [0.5, 0.6) is 0 Å². The third kappa shape index (κ3) is 4.23. The predicted molar refractivity (Wildman–Crippen MR) is 85.1 cm³/mol. The molecule has 4 heteroatoms. The van der Waals surface area contributed by atoms with Gasteiger partial charge in [-0.2, -0.15) is 0 Å². The van der Waals surface area contributed by atoms with E-state index in [1.165, 1.54) is 17.5 Å². The van der Waals surface area contributed by atoms with E-state index < -0.39 is 0 Å². The van der Waals surface area contributed by atoms with Crippen LogP contribution in [0.2, 0.25) is 0 Å². The molecule has 0 fully saturated rings. The molecule has 0 aromatic heterocycles. The van der Waals surface area contributed by atoms with E-state index in [1.54, 1.807) is 0 Å². The smallest absolute Gasteiger partial charge is 0.191 e. The van der Waals surface area contributed by atoms with Gasteiger partial charge >= 0.3 is 0 Å². The van der Waals surface area contributed by atoms with Gasteiger partial charge in [0, 0.05) is 39.8 Å². The van der Waals surface area contributed by atoms with Crippen LogP contribution in [0.4, 0.5) is 0 Å². The Balaban J connectivity index is 1.73. The van der Waals surface area contributed by atoms with Crippen LogP contribution in [-0.4, -0.2) is 44.1 Å². The number of nitrogens with one attached hydrogen (secondary N) is 2. The maximum absolute atomic E-state index is 4.22. The number of rotatable bonds is 5. The molecule has 0 bridgehead atoms. The quantitative estimate of drug-likeness (QED) is 0.633. The number of fused-ring (bicyclic) bond motifs is 1. The van der Waals surface area contributed by atoms with Crippen molar-refractivity contribution in [3.63, 3.8) is 0 Å². The standard InChI is InChI=1S/C16H26N4/c1-3-9-18-16(17-2)19-10-12-20-11-8-14-6-4-5-7-15(14)13-20/h4-7H,3,8-13H2,1-2H3,(H2,17,18,19). The summed E-state index contributed by atoms with van der Waals surface area (Å²) in [6, 6.07) is 8.77. The monoisotopic (exact) mass is 274 g/mol. The Hall–Kier alpha value is -1.55. The first kappa shape index (κ1) is 14.9. The van der Waals surface area contributed by atoms with Crippen molar-refractivity contribution < 1.29 is 0 Å². The number of aliphatic imine (C=N–C) groups is 1. The summed E-state index contributed by atoms with van der Waals surface area (Å²) < 4.78 is 0. The summed E-state index contributed by atoms with van der Waals surface area (Å²) in [5.74, 6) is 0.907. The molecule has 0 aliphatic carbocycles. The average molecular weight is 274 g/mol. The second-order valence-electron chi connectivity index (χ2n) is 5.22. The topological polar surface area (TPSA) is 39.7 Å². The first-order valence-corrected chi connectivity index (χ1v) is 7.57. The molecule has 1 aliphatic heterocycles. The SMILES string of the molecule is CCCNC(=NC)NCCN1CCc2ccccc2C1. The summed E-state index contributed by atoms with van der Waals surface area (Å²) in [5, 5.41) is 6.67. The van der Waals surface area contributed by atoms with E-state index in [-0.39, 0.29) is 0 Å². The fourth-order valence-corrected chi connectivity index (χ4v) is 2.54. The van der Waals surface area contributed by atoms with Gasteiger partial charge in [0.05, 0.1) is 0 Å². The second kappa shape index (κ2) is 7.90. The number of nitrogens with zero attached hydrogens (tertiary/aromatic N) is 2. The molecular formula is C16H26N4. The minimum absolute atomic E-state index is 0.907. The summed E-state index contributed by atoms with van der Waals surface area (Å²) in [7, 11) is 1.82. The fraction of sp³-hybridized carbons (Fsp3) is 0.562. The van der Waals surface area contributed by atoms with Crippen LogP contribution in [-0.2, 0) is 13.0 Å². The zero-order chi connectivity index (χ0) is 14.2.